The van der Waals surface area contributed by atoms with Gasteiger partial charge >= 0.3 is 6.16 Å². The van der Waals surface area contributed by atoms with Gasteiger partial charge < -0.3 is 20.1 Å². The molecule has 0 radical (unpaired) electrons. The van der Waals surface area contributed by atoms with E-state index in [-0.39, 0.29) is 23.7 Å². The molecular formula is C39H36N2O5. The molecule has 4 unspecified atom stereocenters. The van der Waals surface area contributed by atoms with Gasteiger partial charge in [-0.15, -0.1) is 0 Å². The second kappa shape index (κ2) is 10.6. The minimum atomic E-state index is -1.17. The van der Waals surface area contributed by atoms with E-state index in [1.54, 1.807) is 0 Å². The molecule has 232 valence electrons. The maximum Gasteiger partial charge on any atom is 0.509 e. The number of ether oxygens (including phenoxy) is 2. The Balaban J connectivity index is 1.21. The number of fused-ring (bicyclic) bond motifs is 6. The van der Waals surface area contributed by atoms with Gasteiger partial charge in [-0.1, -0.05) is 97.1 Å². The number of hydrogen-bond acceptors (Lipinski definition) is 5. The van der Waals surface area contributed by atoms with Crippen molar-refractivity contribution in [3.8, 4) is 22.3 Å². The van der Waals surface area contributed by atoms with E-state index in [1.165, 1.54) is 0 Å². The Morgan fingerprint density at radius 2 is 0.870 bits per heavy atom. The SMILES string of the molecule is CC(OC(=O)OC(C)(C1CCC(=O)N1)C1c2ccccc2-c2ccccc21)(C1CCC(=O)N1)C1c2ccccc2-c2ccccc21. The number of nitrogens with one attached hydrogen (secondary N) is 2. The molecule has 4 aromatic carbocycles. The van der Waals surface area contributed by atoms with E-state index in [2.05, 4.69) is 59.2 Å². The van der Waals surface area contributed by atoms with Crippen molar-refractivity contribution in [1.29, 1.82) is 0 Å². The van der Waals surface area contributed by atoms with Crippen molar-refractivity contribution in [1.82, 2.24) is 10.6 Å². The summed E-state index contributed by atoms with van der Waals surface area (Å²) in [5.74, 6) is -0.793. The first kappa shape index (κ1) is 28.6. The molecule has 4 aromatic rings. The molecule has 0 spiro atoms. The Morgan fingerprint density at radius 1 is 0.565 bits per heavy atom. The summed E-state index contributed by atoms with van der Waals surface area (Å²) in [7, 11) is 0. The first-order chi connectivity index (χ1) is 22.3. The van der Waals surface area contributed by atoms with Crippen LogP contribution in [0.2, 0.25) is 0 Å². The van der Waals surface area contributed by atoms with E-state index in [1.807, 2.05) is 62.4 Å². The van der Waals surface area contributed by atoms with Crippen LogP contribution >= 0.6 is 0 Å². The van der Waals surface area contributed by atoms with E-state index >= 15 is 0 Å². The molecule has 8 rings (SSSR count). The highest BCUT2D eigenvalue weighted by Crippen LogP contribution is 2.55. The number of benzene rings is 4. The van der Waals surface area contributed by atoms with Crippen LogP contribution < -0.4 is 10.6 Å². The lowest BCUT2D eigenvalue weighted by Crippen LogP contribution is -2.56. The first-order valence-corrected chi connectivity index (χ1v) is 16.1. The fraction of sp³-hybridized carbons (Fsp3) is 0.308. The van der Waals surface area contributed by atoms with Crippen LogP contribution in [-0.2, 0) is 19.1 Å². The summed E-state index contributed by atoms with van der Waals surface area (Å²) in [5.41, 5.74) is 6.21. The Bertz CT molecular complexity index is 1680. The number of carbonyl (C=O) groups excluding carboxylic acids is 3. The van der Waals surface area contributed by atoms with Gasteiger partial charge in [-0.3, -0.25) is 9.59 Å². The second-order valence-electron chi connectivity index (χ2n) is 13.4. The zero-order chi connectivity index (χ0) is 31.6. The highest BCUT2D eigenvalue weighted by atomic mass is 16.7. The van der Waals surface area contributed by atoms with Crippen LogP contribution in [0.25, 0.3) is 22.3 Å². The molecular weight excluding hydrogens is 576 g/mol. The predicted octanol–water partition coefficient (Wildman–Crippen LogP) is 6.84. The summed E-state index contributed by atoms with van der Waals surface area (Å²) in [4.78, 5) is 39.7. The number of hydrogen-bond donors (Lipinski definition) is 2. The van der Waals surface area contributed by atoms with Crippen LogP contribution in [0.4, 0.5) is 4.79 Å². The first-order valence-electron chi connectivity index (χ1n) is 16.1. The van der Waals surface area contributed by atoms with Crippen molar-refractivity contribution >= 4 is 18.0 Å². The normalized spacial score (nSPS) is 22.5. The summed E-state index contributed by atoms with van der Waals surface area (Å²) >= 11 is 0. The number of amides is 2. The van der Waals surface area contributed by atoms with Crippen LogP contribution in [0, 0.1) is 0 Å². The fourth-order valence-electron chi connectivity index (χ4n) is 8.68. The molecule has 2 aliphatic heterocycles. The lowest BCUT2D eigenvalue weighted by molar-refractivity contribution is -0.123. The average molecular weight is 613 g/mol. The van der Waals surface area contributed by atoms with Gasteiger partial charge in [0.25, 0.3) is 0 Å². The van der Waals surface area contributed by atoms with Crippen LogP contribution in [0.15, 0.2) is 97.1 Å². The monoisotopic (exact) mass is 612 g/mol. The molecule has 46 heavy (non-hydrogen) atoms. The molecule has 2 saturated heterocycles. The van der Waals surface area contributed by atoms with Crippen molar-refractivity contribution in [3.05, 3.63) is 119 Å². The third-order valence-corrected chi connectivity index (χ3v) is 10.8. The quantitative estimate of drug-likeness (QED) is 0.233. The molecule has 4 atom stereocenters. The number of rotatable bonds is 6. The van der Waals surface area contributed by atoms with Crippen molar-refractivity contribution < 1.29 is 23.9 Å². The van der Waals surface area contributed by atoms with Gasteiger partial charge in [0.05, 0.1) is 23.9 Å². The number of carbonyl (C=O) groups is 3. The molecule has 2 N–H and O–H groups in total. The Hall–Kier alpha value is -4.91. The third-order valence-electron chi connectivity index (χ3n) is 10.8. The maximum absolute atomic E-state index is 14.4. The van der Waals surface area contributed by atoms with E-state index in [0.29, 0.717) is 25.7 Å². The minimum Gasteiger partial charge on any atom is -0.425 e. The van der Waals surface area contributed by atoms with Crippen LogP contribution in [-0.4, -0.2) is 41.3 Å². The van der Waals surface area contributed by atoms with Crippen LogP contribution in [0.5, 0.6) is 0 Å². The zero-order valence-corrected chi connectivity index (χ0v) is 25.9. The highest BCUT2D eigenvalue weighted by molar-refractivity contribution is 5.83. The van der Waals surface area contributed by atoms with Crippen molar-refractivity contribution in [3.63, 3.8) is 0 Å². The average Bonchev–Trinajstić information content (AvgIpc) is 3.84. The third kappa shape index (κ3) is 4.28. The van der Waals surface area contributed by atoms with Gasteiger partial charge in [0, 0.05) is 12.8 Å². The van der Waals surface area contributed by atoms with Gasteiger partial charge in [0.2, 0.25) is 11.8 Å². The molecule has 2 heterocycles. The molecule has 0 aromatic heterocycles. The van der Waals surface area contributed by atoms with Gasteiger partial charge in [0.15, 0.2) is 0 Å². The fourth-order valence-corrected chi connectivity index (χ4v) is 8.68. The largest absolute Gasteiger partial charge is 0.509 e. The predicted molar refractivity (Wildman–Crippen MR) is 174 cm³/mol. The van der Waals surface area contributed by atoms with Crippen molar-refractivity contribution in [2.24, 2.45) is 0 Å². The Kier molecular flexibility index (Phi) is 6.57. The topological polar surface area (TPSA) is 93.7 Å². The van der Waals surface area contributed by atoms with Crippen molar-refractivity contribution in [2.75, 3.05) is 0 Å². The smallest absolute Gasteiger partial charge is 0.425 e. The lowest BCUT2D eigenvalue weighted by Gasteiger charge is -2.44. The maximum atomic E-state index is 14.4. The lowest BCUT2D eigenvalue weighted by atomic mass is 9.76. The highest BCUT2D eigenvalue weighted by Gasteiger charge is 2.56. The van der Waals surface area contributed by atoms with E-state index in [4.69, 9.17) is 9.47 Å². The Labute approximate surface area is 268 Å². The summed E-state index contributed by atoms with van der Waals surface area (Å²) < 4.78 is 13.2. The van der Waals surface area contributed by atoms with Crippen LogP contribution in [0.3, 0.4) is 0 Å². The summed E-state index contributed by atoms with van der Waals surface area (Å²) in [6.07, 6.45) is 0.952. The summed E-state index contributed by atoms with van der Waals surface area (Å²) in [6.45, 7) is 3.84. The zero-order valence-electron chi connectivity index (χ0n) is 25.9. The molecule has 0 saturated carbocycles. The molecule has 7 heteroatoms. The van der Waals surface area contributed by atoms with E-state index in [9.17, 15) is 14.4 Å². The molecule has 2 amide bonds. The molecule has 0 bridgehead atoms. The van der Waals surface area contributed by atoms with E-state index in [0.717, 1.165) is 44.5 Å². The van der Waals surface area contributed by atoms with E-state index < -0.39 is 29.4 Å². The standard InChI is InChI=1S/C39H36N2O5/c1-38(31-19-21-33(42)40-31,35-27-15-7-3-11-23(27)24-12-4-8-16-28(24)35)45-37(44)46-39(2,32-20-22-34(43)41-32)36-29-17-9-5-13-25(29)26-14-6-10-18-30(26)36/h3-18,31-32,35-36H,19-22H2,1-2H3,(H,40,42)(H,41,43). The second-order valence-corrected chi connectivity index (χ2v) is 13.4. The molecule has 2 fully saturated rings. The van der Waals surface area contributed by atoms with Gasteiger partial charge in [-0.25, -0.2) is 4.79 Å². The summed E-state index contributed by atoms with van der Waals surface area (Å²) in [6, 6.07) is 31.9. The molecule has 2 aliphatic carbocycles. The molecule has 4 aliphatic rings. The molecule has 7 nitrogen and oxygen atoms in total. The Morgan fingerprint density at radius 3 is 1.15 bits per heavy atom. The van der Waals surface area contributed by atoms with Crippen molar-refractivity contribution in [2.45, 2.75) is 74.7 Å². The van der Waals surface area contributed by atoms with Gasteiger partial charge in [-0.2, -0.15) is 0 Å². The summed E-state index contributed by atoms with van der Waals surface area (Å²) in [5, 5.41) is 6.23. The minimum absolute atomic E-state index is 0.0644. The van der Waals surface area contributed by atoms with Crippen LogP contribution in [0.1, 0.15) is 73.6 Å². The van der Waals surface area contributed by atoms with Gasteiger partial charge in [-0.05, 0) is 71.2 Å². The van der Waals surface area contributed by atoms with Gasteiger partial charge in [0.1, 0.15) is 11.2 Å².